The second-order valence-corrected chi connectivity index (χ2v) is 6.05. The highest BCUT2D eigenvalue weighted by Gasteiger charge is 2.25. The predicted molar refractivity (Wildman–Crippen MR) is 79.4 cm³/mol. The second-order valence-electron chi connectivity index (χ2n) is 5.07. The number of hydrogen-bond donors (Lipinski definition) is 1. The summed E-state index contributed by atoms with van der Waals surface area (Å²) in [6, 6.07) is 8.54. The van der Waals surface area contributed by atoms with E-state index in [-0.39, 0.29) is 5.92 Å². The van der Waals surface area contributed by atoms with Gasteiger partial charge in [-0.05, 0) is 11.1 Å². The van der Waals surface area contributed by atoms with Gasteiger partial charge in [0.1, 0.15) is 11.6 Å². The Kier molecular flexibility index (Phi) is 3.17. The number of nitrogens with one attached hydrogen (secondary N) is 1. The smallest absolute Gasteiger partial charge is 0.234 e. The summed E-state index contributed by atoms with van der Waals surface area (Å²) in [5, 5.41) is 17.5. The first kappa shape index (κ1) is 12.9. The summed E-state index contributed by atoms with van der Waals surface area (Å²) >= 11 is 1.60. The van der Waals surface area contributed by atoms with Gasteiger partial charge in [-0.2, -0.15) is 9.61 Å². The molecule has 0 spiro atoms. The van der Waals surface area contributed by atoms with Crippen LogP contribution in [0.2, 0.25) is 0 Å². The van der Waals surface area contributed by atoms with Gasteiger partial charge < -0.3 is 10.1 Å². The van der Waals surface area contributed by atoms with Crippen molar-refractivity contribution in [1.29, 1.82) is 0 Å². The van der Waals surface area contributed by atoms with E-state index < -0.39 is 0 Å². The molecule has 3 heterocycles. The normalized spacial score (nSPS) is 18.0. The molecule has 108 valence electrons. The molecule has 21 heavy (non-hydrogen) atoms. The average molecular weight is 301 g/mol. The highest BCUT2D eigenvalue weighted by molar-refractivity contribution is 7.16. The molecule has 0 radical (unpaired) electrons. The fourth-order valence-electron chi connectivity index (χ4n) is 2.75. The maximum absolute atomic E-state index is 5.13. The fourth-order valence-corrected chi connectivity index (χ4v) is 3.73. The van der Waals surface area contributed by atoms with Crippen molar-refractivity contribution in [2.75, 3.05) is 13.7 Å². The van der Waals surface area contributed by atoms with E-state index in [9.17, 15) is 0 Å². The Morgan fingerprint density at radius 3 is 3.19 bits per heavy atom. The Balaban J connectivity index is 1.77. The Bertz CT molecular complexity index is 781. The van der Waals surface area contributed by atoms with E-state index in [1.807, 2.05) is 0 Å². The van der Waals surface area contributed by atoms with Gasteiger partial charge in [0, 0.05) is 20.2 Å². The number of nitrogens with zero attached hydrogens (tertiary/aromatic N) is 4. The van der Waals surface area contributed by atoms with Gasteiger partial charge in [-0.3, -0.25) is 0 Å². The molecule has 1 N–H and O–H groups in total. The topological polar surface area (TPSA) is 64.3 Å². The van der Waals surface area contributed by atoms with Crippen molar-refractivity contribution in [2.24, 2.45) is 0 Å². The molecule has 0 bridgehead atoms. The lowest BCUT2D eigenvalue weighted by atomic mass is 9.91. The zero-order chi connectivity index (χ0) is 14.2. The standard InChI is InChI=1S/C14H15N5OS/c1-20-8-12-16-17-14-19(12)18-13(21-14)11-7-15-6-9-4-2-3-5-10(9)11/h2-5,11,15H,6-8H2,1H3. The van der Waals surface area contributed by atoms with Crippen molar-refractivity contribution in [3.8, 4) is 0 Å². The molecule has 1 unspecified atom stereocenters. The lowest BCUT2D eigenvalue weighted by Crippen LogP contribution is -2.28. The van der Waals surface area contributed by atoms with Crippen LogP contribution in [0.15, 0.2) is 24.3 Å². The first-order chi connectivity index (χ1) is 10.4. The summed E-state index contributed by atoms with van der Waals surface area (Å²) < 4.78 is 6.93. The van der Waals surface area contributed by atoms with E-state index in [0.29, 0.717) is 6.61 Å². The van der Waals surface area contributed by atoms with Crippen LogP contribution in [0.5, 0.6) is 0 Å². The molecular weight excluding hydrogens is 286 g/mol. The number of aromatic nitrogens is 4. The van der Waals surface area contributed by atoms with Gasteiger partial charge in [0.15, 0.2) is 5.82 Å². The van der Waals surface area contributed by atoms with Crippen LogP contribution < -0.4 is 5.32 Å². The number of methoxy groups -OCH3 is 1. The fraction of sp³-hybridized carbons (Fsp3) is 0.357. The highest BCUT2D eigenvalue weighted by Crippen LogP contribution is 2.32. The zero-order valence-corrected chi connectivity index (χ0v) is 12.4. The monoisotopic (exact) mass is 301 g/mol. The van der Waals surface area contributed by atoms with Gasteiger partial charge in [0.25, 0.3) is 0 Å². The third-order valence-corrected chi connectivity index (χ3v) is 4.75. The molecule has 2 aromatic heterocycles. The van der Waals surface area contributed by atoms with Gasteiger partial charge in [-0.1, -0.05) is 35.6 Å². The van der Waals surface area contributed by atoms with Crippen LogP contribution >= 0.6 is 11.3 Å². The van der Waals surface area contributed by atoms with Crippen LogP contribution in [0.4, 0.5) is 0 Å². The maximum atomic E-state index is 5.13. The largest absolute Gasteiger partial charge is 0.377 e. The molecule has 1 aromatic carbocycles. The van der Waals surface area contributed by atoms with E-state index in [4.69, 9.17) is 9.84 Å². The van der Waals surface area contributed by atoms with Crippen LogP contribution in [-0.2, 0) is 17.9 Å². The number of benzene rings is 1. The molecule has 3 aromatic rings. The number of fused-ring (bicyclic) bond motifs is 2. The molecule has 0 fully saturated rings. The zero-order valence-electron chi connectivity index (χ0n) is 11.6. The highest BCUT2D eigenvalue weighted by atomic mass is 32.1. The summed E-state index contributed by atoms with van der Waals surface area (Å²) in [5.74, 6) is 1.02. The van der Waals surface area contributed by atoms with Crippen LogP contribution in [0.25, 0.3) is 4.96 Å². The summed E-state index contributed by atoms with van der Waals surface area (Å²) in [5.41, 5.74) is 2.70. The molecule has 4 rings (SSSR count). The van der Waals surface area contributed by atoms with E-state index in [1.54, 1.807) is 23.0 Å². The third-order valence-electron chi connectivity index (χ3n) is 3.74. The van der Waals surface area contributed by atoms with E-state index >= 15 is 0 Å². The number of hydrogen-bond acceptors (Lipinski definition) is 6. The molecule has 0 amide bonds. The Hall–Kier alpha value is -1.83. The van der Waals surface area contributed by atoms with Crippen LogP contribution in [0, 0.1) is 0 Å². The molecule has 0 saturated heterocycles. The van der Waals surface area contributed by atoms with Crippen molar-refractivity contribution in [3.63, 3.8) is 0 Å². The van der Waals surface area contributed by atoms with Crippen molar-refractivity contribution >= 4 is 16.3 Å². The Morgan fingerprint density at radius 2 is 2.29 bits per heavy atom. The Morgan fingerprint density at radius 1 is 1.38 bits per heavy atom. The van der Waals surface area contributed by atoms with Gasteiger partial charge >= 0.3 is 0 Å². The molecule has 1 aliphatic heterocycles. The Labute approximate surface area is 125 Å². The first-order valence-electron chi connectivity index (χ1n) is 6.85. The molecule has 0 saturated carbocycles. The summed E-state index contributed by atoms with van der Waals surface area (Å²) in [7, 11) is 1.65. The van der Waals surface area contributed by atoms with Crippen molar-refractivity contribution < 1.29 is 4.74 Å². The minimum atomic E-state index is 0.275. The van der Waals surface area contributed by atoms with Gasteiger partial charge in [0.05, 0.1) is 5.92 Å². The van der Waals surface area contributed by atoms with Crippen LogP contribution in [-0.4, -0.2) is 33.5 Å². The van der Waals surface area contributed by atoms with Crippen LogP contribution in [0.1, 0.15) is 27.9 Å². The lowest BCUT2D eigenvalue weighted by molar-refractivity contribution is 0.176. The van der Waals surface area contributed by atoms with Crippen LogP contribution in [0.3, 0.4) is 0 Å². The minimum Gasteiger partial charge on any atom is -0.377 e. The van der Waals surface area contributed by atoms with Gasteiger partial charge in [0.2, 0.25) is 4.96 Å². The lowest BCUT2D eigenvalue weighted by Gasteiger charge is -2.24. The molecule has 1 aliphatic rings. The molecular formula is C14H15N5OS. The third kappa shape index (κ3) is 2.14. The second kappa shape index (κ2) is 5.18. The average Bonchev–Trinajstić information content (AvgIpc) is 3.09. The molecule has 1 atom stereocenters. The van der Waals surface area contributed by atoms with Crippen molar-refractivity contribution in [2.45, 2.75) is 19.1 Å². The summed E-state index contributed by atoms with van der Waals surface area (Å²) in [6.07, 6.45) is 0. The maximum Gasteiger partial charge on any atom is 0.234 e. The quantitative estimate of drug-likeness (QED) is 0.795. The summed E-state index contributed by atoms with van der Waals surface area (Å²) in [6.45, 7) is 2.25. The molecule has 6 nitrogen and oxygen atoms in total. The van der Waals surface area contributed by atoms with Gasteiger partial charge in [-0.15, -0.1) is 10.2 Å². The number of rotatable bonds is 3. The predicted octanol–water partition coefficient (Wildman–Crippen LogP) is 1.57. The summed E-state index contributed by atoms with van der Waals surface area (Å²) in [4.78, 5) is 0.820. The van der Waals surface area contributed by atoms with Crippen molar-refractivity contribution in [1.82, 2.24) is 25.1 Å². The first-order valence-corrected chi connectivity index (χ1v) is 7.67. The number of ether oxygens (including phenoxy) is 1. The minimum absolute atomic E-state index is 0.275. The molecule has 7 heteroatoms. The van der Waals surface area contributed by atoms with E-state index in [2.05, 4.69) is 39.8 Å². The van der Waals surface area contributed by atoms with Crippen molar-refractivity contribution in [3.05, 3.63) is 46.2 Å². The van der Waals surface area contributed by atoms with Gasteiger partial charge in [-0.25, -0.2) is 0 Å². The molecule has 0 aliphatic carbocycles. The SMILES string of the molecule is COCc1nnc2sc(C3CNCc4ccccc43)nn12. The van der Waals surface area contributed by atoms with E-state index in [0.717, 1.165) is 28.9 Å². The van der Waals surface area contributed by atoms with E-state index in [1.165, 1.54) is 11.1 Å².